The van der Waals surface area contributed by atoms with Gasteiger partial charge in [-0.2, -0.15) is 0 Å². The van der Waals surface area contributed by atoms with Crippen LogP contribution in [0.1, 0.15) is 106 Å². The fraction of sp³-hybridized carbons (Fsp3) is 0.690. The molecule has 15 heteroatoms. The van der Waals surface area contributed by atoms with Crippen LogP contribution in [0.2, 0.25) is 0 Å². The molecule has 0 saturated heterocycles. The van der Waals surface area contributed by atoms with Gasteiger partial charge in [0.15, 0.2) is 0 Å². The lowest BCUT2D eigenvalue weighted by atomic mass is 10.1. The van der Waals surface area contributed by atoms with Crippen molar-refractivity contribution in [3.05, 3.63) is 35.9 Å². The molecule has 15 nitrogen and oxygen atoms in total. The van der Waals surface area contributed by atoms with Gasteiger partial charge in [0, 0.05) is 111 Å². The van der Waals surface area contributed by atoms with E-state index >= 15 is 0 Å². The summed E-state index contributed by atoms with van der Waals surface area (Å²) in [5, 5.41) is 0. The molecule has 0 saturated carbocycles. The molecule has 0 unspecified atom stereocenters. The molecule has 0 N–H and O–H groups in total. The van der Waals surface area contributed by atoms with E-state index < -0.39 is 53.9 Å². The van der Waals surface area contributed by atoms with Gasteiger partial charge < -0.3 is 38.9 Å². The van der Waals surface area contributed by atoms with Gasteiger partial charge in [-0.3, -0.25) is 28.8 Å². The molecule has 6 amide bonds. The summed E-state index contributed by atoms with van der Waals surface area (Å²) < 4.78 is 10.7. The van der Waals surface area contributed by atoms with E-state index in [4.69, 9.17) is 9.47 Å². The van der Waals surface area contributed by atoms with Crippen molar-refractivity contribution >= 4 is 41.6 Å². The standard InChI is InChI=1S/C42H70N6O9/c1-28(44(11)37(51)23-30(3)46(13)39(53)25-32(5)48(15)41(55)57-42(7,8)9)21-35(49)43(10)29(2)22-36(50)45(12)31(4)24-38(52)47(14)33(6)26-40(54)56-27-34-19-17-16-18-20-34/h16-20,28-33H,21-27H2,1-15H3/t28-,29-,30-,31-,32-,33-/m0/s1. The third-order valence-corrected chi connectivity index (χ3v) is 10.7. The van der Waals surface area contributed by atoms with Crippen molar-refractivity contribution < 1.29 is 43.0 Å². The van der Waals surface area contributed by atoms with Crippen molar-refractivity contribution in [2.24, 2.45) is 0 Å². The molecule has 1 aromatic carbocycles. The highest BCUT2D eigenvalue weighted by Gasteiger charge is 2.30. The van der Waals surface area contributed by atoms with E-state index in [1.165, 1.54) is 29.4 Å². The molecule has 0 aliphatic carbocycles. The van der Waals surface area contributed by atoms with Gasteiger partial charge >= 0.3 is 12.1 Å². The zero-order valence-electron chi connectivity index (χ0n) is 37.2. The lowest BCUT2D eigenvalue weighted by molar-refractivity contribution is -0.147. The van der Waals surface area contributed by atoms with Gasteiger partial charge in [-0.05, 0) is 67.9 Å². The predicted molar refractivity (Wildman–Crippen MR) is 219 cm³/mol. The van der Waals surface area contributed by atoms with Crippen LogP contribution in [-0.4, -0.2) is 155 Å². The van der Waals surface area contributed by atoms with Crippen molar-refractivity contribution in [2.75, 3.05) is 42.3 Å². The third kappa shape index (κ3) is 17.1. The molecule has 0 bridgehead atoms. The van der Waals surface area contributed by atoms with Crippen LogP contribution >= 0.6 is 0 Å². The zero-order chi connectivity index (χ0) is 43.9. The Kier molecular flexibility index (Phi) is 20.2. The number of benzene rings is 1. The molecule has 1 aromatic rings. The lowest BCUT2D eigenvalue weighted by Crippen LogP contribution is -2.46. The van der Waals surface area contributed by atoms with Crippen molar-refractivity contribution in [2.45, 2.75) is 149 Å². The Hall–Kier alpha value is -4.69. The van der Waals surface area contributed by atoms with E-state index in [1.807, 2.05) is 30.3 Å². The minimum atomic E-state index is -0.662. The molecule has 6 atom stereocenters. The van der Waals surface area contributed by atoms with E-state index in [1.54, 1.807) is 105 Å². The molecule has 0 radical (unpaired) electrons. The molecule has 322 valence electrons. The second-order valence-electron chi connectivity index (χ2n) is 16.6. The van der Waals surface area contributed by atoms with E-state index in [9.17, 15) is 33.6 Å². The van der Waals surface area contributed by atoms with Gasteiger partial charge in [-0.1, -0.05) is 30.3 Å². The fourth-order valence-electron chi connectivity index (χ4n) is 5.59. The topological polar surface area (TPSA) is 157 Å². The van der Waals surface area contributed by atoms with E-state index in [2.05, 4.69) is 0 Å². The number of hydrogen-bond acceptors (Lipinski definition) is 9. The maximum Gasteiger partial charge on any atom is 0.410 e. The number of amides is 6. The Bertz CT molecular complexity index is 1520. The molecule has 0 spiro atoms. The molecule has 1 rings (SSSR count). The largest absolute Gasteiger partial charge is 0.461 e. The second kappa shape index (κ2) is 22.9. The second-order valence-corrected chi connectivity index (χ2v) is 16.6. The highest BCUT2D eigenvalue weighted by molar-refractivity contribution is 5.83. The van der Waals surface area contributed by atoms with Crippen LogP contribution in [-0.2, 0) is 44.8 Å². The summed E-state index contributed by atoms with van der Waals surface area (Å²) in [6.07, 6.45) is -0.286. The van der Waals surface area contributed by atoms with E-state index in [0.717, 1.165) is 5.56 Å². The van der Waals surface area contributed by atoms with Crippen LogP contribution in [0.3, 0.4) is 0 Å². The van der Waals surface area contributed by atoms with Gasteiger partial charge in [0.1, 0.15) is 12.2 Å². The first-order chi connectivity index (χ1) is 26.3. The predicted octanol–water partition coefficient (Wildman–Crippen LogP) is 4.56. The first-order valence-electron chi connectivity index (χ1n) is 19.7. The summed E-state index contributed by atoms with van der Waals surface area (Å²) in [4.78, 5) is 99.5. The minimum absolute atomic E-state index is 0.0278. The maximum absolute atomic E-state index is 13.3. The summed E-state index contributed by atoms with van der Waals surface area (Å²) in [6, 6.07) is 6.73. The molecule has 0 aliphatic rings. The first kappa shape index (κ1) is 50.3. The minimum Gasteiger partial charge on any atom is -0.461 e. The van der Waals surface area contributed by atoms with Crippen LogP contribution in [0.25, 0.3) is 0 Å². The quantitative estimate of drug-likeness (QED) is 0.173. The summed E-state index contributed by atoms with van der Waals surface area (Å²) >= 11 is 0. The molecule has 0 heterocycles. The Morgan fingerprint density at radius 3 is 1.05 bits per heavy atom. The highest BCUT2D eigenvalue weighted by Crippen LogP contribution is 2.17. The number of carbonyl (C=O) groups excluding carboxylic acids is 7. The number of hydrogen-bond donors (Lipinski definition) is 0. The Morgan fingerprint density at radius 2 is 0.754 bits per heavy atom. The van der Waals surface area contributed by atoms with Gasteiger partial charge in [0.2, 0.25) is 29.5 Å². The fourth-order valence-corrected chi connectivity index (χ4v) is 5.59. The van der Waals surface area contributed by atoms with Crippen molar-refractivity contribution in [1.29, 1.82) is 0 Å². The smallest absolute Gasteiger partial charge is 0.410 e. The molecular weight excluding hydrogens is 732 g/mol. The molecule has 0 aliphatic heterocycles. The summed E-state index contributed by atoms with van der Waals surface area (Å²) in [5.74, 6) is -1.57. The van der Waals surface area contributed by atoms with Crippen LogP contribution in [0, 0.1) is 0 Å². The van der Waals surface area contributed by atoms with Gasteiger partial charge in [0.25, 0.3) is 0 Å². The number of nitrogens with zero attached hydrogens (tertiary/aromatic N) is 6. The first-order valence-corrected chi connectivity index (χ1v) is 19.7. The van der Waals surface area contributed by atoms with Crippen LogP contribution in [0.15, 0.2) is 30.3 Å². The molecule has 0 aromatic heterocycles. The maximum atomic E-state index is 13.3. The van der Waals surface area contributed by atoms with Gasteiger partial charge in [-0.25, -0.2) is 4.79 Å². The van der Waals surface area contributed by atoms with E-state index in [0.29, 0.717) is 0 Å². The Balaban J connectivity index is 2.60. The van der Waals surface area contributed by atoms with Crippen molar-refractivity contribution in [3.63, 3.8) is 0 Å². The summed E-state index contributed by atoms with van der Waals surface area (Å²) in [6.45, 7) is 16.1. The monoisotopic (exact) mass is 803 g/mol. The highest BCUT2D eigenvalue weighted by atomic mass is 16.6. The molecule has 57 heavy (non-hydrogen) atoms. The van der Waals surface area contributed by atoms with Crippen LogP contribution in [0.5, 0.6) is 0 Å². The van der Waals surface area contributed by atoms with Crippen molar-refractivity contribution in [1.82, 2.24) is 29.4 Å². The number of ether oxygens (including phenoxy) is 2. The van der Waals surface area contributed by atoms with Gasteiger partial charge in [-0.15, -0.1) is 0 Å². The Labute approximate surface area is 340 Å². The third-order valence-electron chi connectivity index (χ3n) is 10.7. The summed E-state index contributed by atoms with van der Waals surface area (Å²) in [5.41, 5.74) is 0.212. The van der Waals surface area contributed by atoms with E-state index in [-0.39, 0.29) is 74.7 Å². The lowest BCUT2D eigenvalue weighted by Gasteiger charge is -2.33. The molecule has 0 fully saturated rings. The Morgan fingerprint density at radius 1 is 0.474 bits per heavy atom. The van der Waals surface area contributed by atoms with Crippen molar-refractivity contribution in [3.8, 4) is 0 Å². The average Bonchev–Trinajstić information content (AvgIpc) is 3.14. The number of esters is 1. The molecular formula is C42H70N6O9. The zero-order valence-corrected chi connectivity index (χ0v) is 37.2. The normalized spacial score (nSPS) is 14.4. The summed E-state index contributed by atoms with van der Waals surface area (Å²) in [7, 11) is 9.68. The number of rotatable bonds is 20. The SMILES string of the molecule is C[C@@H](CC(=O)OCc1ccccc1)N(C)C(=O)C[C@H](C)N(C)C(=O)C[C@H](C)N(C)C(=O)C[C@H](C)N(C)C(=O)C[C@H](C)N(C)C(=O)C[C@H](C)N(C)C(=O)OC(C)(C)C. The number of carbonyl (C=O) groups is 7. The van der Waals surface area contributed by atoms with Crippen LogP contribution in [0.4, 0.5) is 4.79 Å². The van der Waals surface area contributed by atoms with Gasteiger partial charge in [0.05, 0.1) is 6.42 Å². The average molecular weight is 803 g/mol. The van der Waals surface area contributed by atoms with Crippen LogP contribution < -0.4 is 0 Å².